The van der Waals surface area contributed by atoms with Gasteiger partial charge in [-0.1, -0.05) is 13.0 Å². The molecule has 1 aliphatic carbocycles. The molecule has 6 nitrogen and oxygen atoms in total. The lowest BCUT2D eigenvalue weighted by Gasteiger charge is -2.34. The van der Waals surface area contributed by atoms with Gasteiger partial charge in [0.25, 0.3) is 0 Å². The molecule has 2 fully saturated rings. The topological polar surface area (TPSA) is 70.7 Å². The van der Waals surface area contributed by atoms with Crippen molar-refractivity contribution in [1.82, 2.24) is 15.5 Å². The van der Waals surface area contributed by atoms with Crippen molar-refractivity contribution in [2.75, 3.05) is 26.8 Å². The highest BCUT2D eigenvalue weighted by molar-refractivity contribution is 5.78. The number of carbonyl (C=O) groups excluding carboxylic acids is 2. The lowest BCUT2D eigenvalue weighted by atomic mass is 9.92. The first kappa shape index (κ1) is 19.8. The number of carbonyl (C=O) groups is 2. The van der Waals surface area contributed by atoms with Gasteiger partial charge in [-0.3, -0.25) is 4.79 Å². The summed E-state index contributed by atoms with van der Waals surface area (Å²) in [4.78, 5) is 26.1. The number of hydrogen-bond donors (Lipinski definition) is 2. The van der Waals surface area contributed by atoms with Crippen LogP contribution in [0.5, 0.6) is 0 Å². The van der Waals surface area contributed by atoms with E-state index in [1.54, 1.807) is 0 Å². The molecule has 25 heavy (non-hydrogen) atoms. The minimum Gasteiger partial charge on any atom is -0.375 e. The fourth-order valence-corrected chi connectivity index (χ4v) is 4.15. The van der Waals surface area contributed by atoms with Crippen LogP contribution in [0, 0.1) is 5.92 Å². The van der Waals surface area contributed by atoms with Crippen LogP contribution in [0.3, 0.4) is 0 Å². The molecule has 0 spiro atoms. The lowest BCUT2D eigenvalue weighted by molar-refractivity contribution is -0.136. The van der Waals surface area contributed by atoms with Crippen LogP contribution >= 0.6 is 0 Å². The number of rotatable bonds is 7. The summed E-state index contributed by atoms with van der Waals surface area (Å²) in [6, 6.07) is 0.0636. The summed E-state index contributed by atoms with van der Waals surface area (Å²) in [5.74, 6) is 0.655. The number of likely N-dealkylation sites (tertiary alicyclic amines) is 1. The zero-order valence-electron chi connectivity index (χ0n) is 15.7. The van der Waals surface area contributed by atoms with Gasteiger partial charge in [-0.15, -0.1) is 6.58 Å². The molecule has 2 N–H and O–H groups in total. The van der Waals surface area contributed by atoms with E-state index in [4.69, 9.17) is 4.74 Å². The maximum absolute atomic E-state index is 12.5. The van der Waals surface area contributed by atoms with Gasteiger partial charge in [0.05, 0.1) is 0 Å². The molecule has 6 heteroatoms. The Balaban J connectivity index is 1.77. The number of piperidine rings is 1. The maximum atomic E-state index is 12.5. The molecule has 2 atom stereocenters. The molecule has 2 aliphatic rings. The third kappa shape index (κ3) is 5.46. The lowest BCUT2D eigenvalue weighted by Crippen LogP contribution is -2.54. The van der Waals surface area contributed by atoms with Crippen LogP contribution in [0.4, 0.5) is 4.79 Å². The second-order valence-electron chi connectivity index (χ2n) is 7.45. The predicted octanol–water partition coefficient (Wildman–Crippen LogP) is 2.45. The number of urea groups is 1. The maximum Gasteiger partial charge on any atom is 0.315 e. The first-order valence-electron chi connectivity index (χ1n) is 9.48. The van der Waals surface area contributed by atoms with Crippen LogP contribution < -0.4 is 10.6 Å². The normalized spacial score (nSPS) is 27.1. The second kappa shape index (κ2) is 9.22. The zero-order valence-corrected chi connectivity index (χ0v) is 15.7. The van der Waals surface area contributed by atoms with E-state index in [2.05, 4.69) is 24.1 Å². The predicted molar refractivity (Wildman–Crippen MR) is 98.3 cm³/mol. The molecule has 1 saturated carbocycles. The molecule has 1 aliphatic heterocycles. The van der Waals surface area contributed by atoms with Crippen LogP contribution in [0.25, 0.3) is 0 Å². The van der Waals surface area contributed by atoms with Gasteiger partial charge in [-0.2, -0.15) is 0 Å². The van der Waals surface area contributed by atoms with E-state index >= 15 is 0 Å². The monoisotopic (exact) mass is 351 g/mol. The Kier molecular flexibility index (Phi) is 7.29. The molecule has 0 radical (unpaired) electrons. The fourth-order valence-electron chi connectivity index (χ4n) is 4.15. The SMILES string of the molecule is C=CCC1CCC(CC)(NC(=O)NC2CCN(C(=O)COC)CC2)C1. The molecule has 0 aromatic rings. The summed E-state index contributed by atoms with van der Waals surface area (Å²) >= 11 is 0. The van der Waals surface area contributed by atoms with Crippen molar-refractivity contribution in [2.24, 2.45) is 5.92 Å². The molecular weight excluding hydrogens is 318 g/mol. The van der Waals surface area contributed by atoms with E-state index in [-0.39, 0.29) is 30.1 Å². The first-order valence-corrected chi connectivity index (χ1v) is 9.48. The quantitative estimate of drug-likeness (QED) is 0.692. The molecule has 0 aromatic carbocycles. The van der Waals surface area contributed by atoms with Crippen molar-refractivity contribution in [3.05, 3.63) is 12.7 Å². The van der Waals surface area contributed by atoms with Crippen molar-refractivity contribution >= 4 is 11.9 Å². The minimum atomic E-state index is -0.0765. The number of ether oxygens (including phenoxy) is 1. The molecular formula is C19H33N3O3. The Morgan fingerprint density at radius 3 is 2.64 bits per heavy atom. The Hall–Kier alpha value is -1.56. The highest BCUT2D eigenvalue weighted by atomic mass is 16.5. The van der Waals surface area contributed by atoms with E-state index in [0.29, 0.717) is 19.0 Å². The highest BCUT2D eigenvalue weighted by Gasteiger charge is 2.38. The third-order valence-electron chi connectivity index (χ3n) is 5.72. The second-order valence-corrected chi connectivity index (χ2v) is 7.45. The minimum absolute atomic E-state index is 0.0227. The Morgan fingerprint density at radius 2 is 2.04 bits per heavy atom. The summed E-state index contributed by atoms with van der Waals surface area (Å²) in [6.07, 6.45) is 8.78. The van der Waals surface area contributed by atoms with E-state index < -0.39 is 0 Å². The van der Waals surface area contributed by atoms with Crippen LogP contribution in [0.2, 0.25) is 0 Å². The molecule has 3 amide bonds. The van der Waals surface area contributed by atoms with Crippen molar-refractivity contribution in [3.8, 4) is 0 Å². The summed E-state index contributed by atoms with van der Waals surface area (Å²) < 4.78 is 4.89. The van der Waals surface area contributed by atoms with Gasteiger partial charge in [0.2, 0.25) is 5.91 Å². The highest BCUT2D eigenvalue weighted by Crippen LogP contribution is 2.38. The number of nitrogens with one attached hydrogen (secondary N) is 2. The van der Waals surface area contributed by atoms with Gasteiger partial charge in [0, 0.05) is 31.8 Å². The summed E-state index contributed by atoms with van der Waals surface area (Å²) in [5.41, 5.74) is -0.0765. The number of hydrogen-bond acceptors (Lipinski definition) is 3. The fraction of sp³-hybridized carbons (Fsp3) is 0.789. The van der Waals surface area contributed by atoms with Crippen molar-refractivity contribution in [2.45, 2.75) is 63.5 Å². The van der Waals surface area contributed by atoms with Gasteiger partial charge in [-0.05, 0) is 50.9 Å². The van der Waals surface area contributed by atoms with Gasteiger partial charge >= 0.3 is 6.03 Å². The average molecular weight is 351 g/mol. The number of amides is 3. The molecule has 2 unspecified atom stereocenters. The molecule has 142 valence electrons. The van der Waals surface area contributed by atoms with Crippen molar-refractivity contribution in [3.63, 3.8) is 0 Å². The Bertz CT molecular complexity index is 475. The molecule has 0 bridgehead atoms. The van der Waals surface area contributed by atoms with Crippen LogP contribution in [-0.4, -0.2) is 55.2 Å². The third-order valence-corrected chi connectivity index (χ3v) is 5.72. The van der Waals surface area contributed by atoms with E-state index in [0.717, 1.165) is 44.9 Å². The van der Waals surface area contributed by atoms with Crippen molar-refractivity contribution < 1.29 is 14.3 Å². The largest absolute Gasteiger partial charge is 0.375 e. The van der Waals surface area contributed by atoms with E-state index in [9.17, 15) is 9.59 Å². The summed E-state index contributed by atoms with van der Waals surface area (Å²) in [7, 11) is 1.53. The molecule has 1 heterocycles. The van der Waals surface area contributed by atoms with Gasteiger partial charge < -0.3 is 20.3 Å². The van der Waals surface area contributed by atoms with Gasteiger partial charge in [-0.25, -0.2) is 4.79 Å². The Morgan fingerprint density at radius 1 is 1.32 bits per heavy atom. The number of allylic oxidation sites excluding steroid dienone is 1. The molecule has 2 rings (SSSR count). The van der Waals surface area contributed by atoms with Crippen LogP contribution in [0.15, 0.2) is 12.7 Å². The number of nitrogens with zero attached hydrogens (tertiary/aromatic N) is 1. The first-order chi connectivity index (χ1) is 12.0. The van der Waals surface area contributed by atoms with E-state index in [1.807, 2.05) is 11.0 Å². The van der Waals surface area contributed by atoms with Crippen LogP contribution in [0.1, 0.15) is 51.9 Å². The Labute approximate surface area is 151 Å². The van der Waals surface area contributed by atoms with E-state index in [1.165, 1.54) is 7.11 Å². The zero-order chi connectivity index (χ0) is 18.3. The molecule has 1 saturated heterocycles. The van der Waals surface area contributed by atoms with Gasteiger partial charge in [0.1, 0.15) is 6.61 Å². The standard InChI is InChI=1S/C19H33N3O3/c1-4-6-15-7-10-19(5-2,13-15)21-18(24)20-16-8-11-22(12-9-16)17(23)14-25-3/h4,15-16H,1,5-14H2,2-3H3,(H2,20,21,24). The average Bonchev–Trinajstić information content (AvgIpc) is 2.99. The van der Waals surface area contributed by atoms with Crippen LogP contribution in [-0.2, 0) is 9.53 Å². The number of methoxy groups -OCH3 is 1. The van der Waals surface area contributed by atoms with Gasteiger partial charge in [0.15, 0.2) is 0 Å². The summed E-state index contributed by atoms with van der Waals surface area (Å²) in [5, 5.41) is 6.35. The smallest absolute Gasteiger partial charge is 0.315 e. The van der Waals surface area contributed by atoms with Crippen molar-refractivity contribution in [1.29, 1.82) is 0 Å². The summed E-state index contributed by atoms with van der Waals surface area (Å²) in [6.45, 7) is 7.46. The molecule has 0 aromatic heterocycles.